The molecule has 3 aliphatic rings. The SMILES string of the molecule is CC1(C)OC[C@H]([C@@H]2O[C@H]3OC(C)(C)O[C@H]3C2=NO)O1. The van der Waals surface area contributed by atoms with Gasteiger partial charge in [0.1, 0.15) is 17.9 Å². The minimum Gasteiger partial charge on any atom is -0.411 e. The highest BCUT2D eigenvalue weighted by molar-refractivity contribution is 5.95. The third kappa shape index (κ3) is 2.25. The largest absolute Gasteiger partial charge is 0.411 e. The second-order valence-electron chi connectivity index (χ2n) is 5.87. The molecule has 0 aliphatic carbocycles. The molecule has 3 aliphatic heterocycles. The Morgan fingerprint density at radius 1 is 1.05 bits per heavy atom. The fraction of sp³-hybridized carbons (Fsp3) is 0.917. The monoisotopic (exact) mass is 273 g/mol. The van der Waals surface area contributed by atoms with Crippen molar-refractivity contribution in [2.24, 2.45) is 5.16 Å². The Morgan fingerprint density at radius 2 is 1.79 bits per heavy atom. The Morgan fingerprint density at radius 3 is 2.37 bits per heavy atom. The fourth-order valence-electron chi connectivity index (χ4n) is 2.66. The minimum absolute atomic E-state index is 0.332. The number of rotatable bonds is 1. The molecule has 3 saturated heterocycles. The van der Waals surface area contributed by atoms with Gasteiger partial charge in [-0.15, -0.1) is 0 Å². The molecule has 4 atom stereocenters. The molecule has 1 N–H and O–H groups in total. The number of hydrogen-bond acceptors (Lipinski definition) is 7. The Kier molecular flexibility index (Phi) is 2.88. The van der Waals surface area contributed by atoms with Crippen molar-refractivity contribution in [1.82, 2.24) is 0 Å². The normalized spacial score (nSPS) is 45.8. The Labute approximate surface area is 111 Å². The molecule has 3 rings (SSSR count). The molecule has 0 aromatic heterocycles. The second kappa shape index (κ2) is 4.13. The van der Waals surface area contributed by atoms with Crippen molar-refractivity contribution >= 4 is 5.71 Å². The summed E-state index contributed by atoms with van der Waals surface area (Å²) in [5.74, 6) is -1.41. The molecule has 7 heteroatoms. The first-order chi connectivity index (χ1) is 8.81. The maximum absolute atomic E-state index is 9.22. The molecule has 0 radical (unpaired) electrons. The van der Waals surface area contributed by atoms with Crippen molar-refractivity contribution < 1.29 is 28.9 Å². The van der Waals surface area contributed by atoms with Gasteiger partial charge >= 0.3 is 0 Å². The quantitative estimate of drug-likeness (QED) is 0.563. The third-order valence-corrected chi connectivity index (χ3v) is 3.41. The van der Waals surface area contributed by atoms with Crippen LogP contribution in [0.5, 0.6) is 0 Å². The van der Waals surface area contributed by atoms with Crippen LogP contribution in [0.2, 0.25) is 0 Å². The van der Waals surface area contributed by atoms with Crippen molar-refractivity contribution in [3.8, 4) is 0 Å². The molecule has 0 bridgehead atoms. The Balaban J connectivity index is 1.76. The fourth-order valence-corrected chi connectivity index (χ4v) is 2.66. The van der Waals surface area contributed by atoms with Gasteiger partial charge in [-0.3, -0.25) is 0 Å². The summed E-state index contributed by atoms with van der Waals surface area (Å²) < 4.78 is 28.3. The summed E-state index contributed by atoms with van der Waals surface area (Å²) in [5, 5.41) is 12.5. The van der Waals surface area contributed by atoms with Crippen LogP contribution in [0.4, 0.5) is 0 Å². The maximum atomic E-state index is 9.22. The standard InChI is InChI=1S/C12H19NO6/c1-11(2)15-5-6(17-11)8-7(13-14)9-10(16-8)19-12(3,4)18-9/h6,8-10,14H,5H2,1-4H3/t6-,8+,9+,10+/m1/s1. The van der Waals surface area contributed by atoms with Crippen LogP contribution in [-0.2, 0) is 23.7 Å². The molecule has 0 aromatic rings. The van der Waals surface area contributed by atoms with E-state index in [1.807, 2.05) is 13.8 Å². The zero-order chi connectivity index (χ0) is 13.8. The van der Waals surface area contributed by atoms with Gasteiger partial charge in [-0.1, -0.05) is 5.16 Å². The summed E-state index contributed by atoms with van der Waals surface area (Å²) in [4.78, 5) is 0. The molecule has 0 saturated carbocycles. The summed E-state index contributed by atoms with van der Waals surface area (Å²) in [6.07, 6.45) is -1.92. The molecule has 7 nitrogen and oxygen atoms in total. The van der Waals surface area contributed by atoms with E-state index in [9.17, 15) is 5.21 Å². The molecule has 3 fully saturated rings. The molecular formula is C12H19NO6. The van der Waals surface area contributed by atoms with Gasteiger partial charge in [0.2, 0.25) is 0 Å². The lowest BCUT2D eigenvalue weighted by atomic mass is 10.1. The van der Waals surface area contributed by atoms with E-state index in [0.717, 1.165) is 0 Å². The van der Waals surface area contributed by atoms with Crippen molar-refractivity contribution in [2.45, 2.75) is 63.9 Å². The zero-order valence-electron chi connectivity index (χ0n) is 11.5. The molecule has 0 amide bonds. The van der Waals surface area contributed by atoms with E-state index in [4.69, 9.17) is 23.7 Å². The van der Waals surface area contributed by atoms with Gasteiger partial charge in [-0.25, -0.2) is 0 Å². The van der Waals surface area contributed by atoms with Crippen LogP contribution in [0.1, 0.15) is 27.7 Å². The summed E-state index contributed by atoms with van der Waals surface area (Å²) in [6, 6.07) is 0. The lowest BCUT2D eigenvalue weighted by Gasteiger charge is -2.24. The Hall–Kier alpha value is -0.730. The summed E-state index contributed by atoms with van der Waals surface area (Å²) in [5.41, 5.74) is 0.391. The van der Waals surface area contributed by atoms with Crippen molar-refractivity contribution in [2.75, 3.05) is 6.61 Å². The predicted molar refractivity (Wildman–Crippen MR) is 62.8 cm³/mol. The number of hydrogen-bond donors (Lipinski definition) is 1. The Bertz CT molecular complexity index is 407. The van der Waals surface area contributed by atoms with Gasteiger partial charge in [-0.05, 0) is 27.7 Å². The van der Waals surface area contributed by atoms with Crippen molar-refractivity contribution in [3.63, 3.8) is 0 Å². The first kappa shape index (κ1) is 13.3. The van der Waals surface area contributed by atoms with Gasteiger partial charge in [-0.2, -0.15) is 0 Å². The van der Waals surface area contributed by atoms with E-state index in [1.165, 1.54) is 0 Å². The average molecular weight is 273 g/mol. The molecular weight excluding hydrogens is 254 g/mol. The summed E-state index contributed by atoms with van der Waals surface area (Å²) in [7, 11) is 0. The van der Waals surface area contributed by atoms with Crippen molar-refractivity contribution in [1.29, 1.82) is 0 Å². The first-order valence-corrected chi connectivity index (χ1v) is 6.36. The molecule has 108 valence electrons. The first-order valence-electron chi connectivity index (χ1n) is 6.36. The molecule has 0 unspecified atom stereocenters. The van der Waals surface area contributed by atoms with E-state index in [2.05, 4.69) is 5.16 Å². The van der Waals surface area contributed by atoms with E-state index in [0.29, 0.717) is 12.3 Å². The number of nitrogens with zero attached hydrogens (tertiary/aromatic N) is 1. The summed E-state index contributed by atoms with van der Waals surface area (Å²) >= 11 is 0. The van der Waals surface area contributed by atoms with Crippen LogP contribution in [0, 0.1) is 0 Å². The molecule has 0 aromatic carbocycles. The lowest BCUT2D eigenvalue weighted by molar-refractivity contribution is -0.211. The highest BCUT2D eigenvalue weighted by Crippen LogP contribution is 2.39. The van der Waals surface area contributed by atoms with Crippen LogP contribution in [0.15, 0.2) is 5.16 Å². The minimum atomic E-state index is -0.747. The van der Waals surface area contributed by atoms with Gasteiger partial charge in [0.05, 0.1) is 6.61 Å². The van der Waals surface area contributed by atoms with Crippen LogP contribution < -0.4 is 0 Å². The zero-order valence-corrected chi connectivity index (χ0v) is 11.5. The maximum Gasteiger partial charge on any atom is 0.193 e. The third-order valence-electron chi connectivity index (χ3n) is 3.41. The second-order valence-corrected chi connectivity index (χ2v) is 5.87. The lowest BCUT2D eigenvalue weighted by Crippen LogP contribution is -2.39. The van der Waals surface area contributed by atoms with Gasteiger partial charge in [0.25, 0.3) is 0 Å². The topological polar surface area (TPSA) is 78.7 Å². The smallest absolute Gasteiger partial charge is 0.193 e. The number of ether oxygens (including phenoxy) is 5. The average Bonchev–Trinajstić information content (AvgIpc) is 2.87. The van der Waals surface area contributed by atoms with Crippen LogP contribution in [0.25, 0.3) is 0 Å². The molecule has 3 heterocycles. The number of oxime groups is 1. The number of fused-ring (bicyclic) bond motifs is 1. The van der Waals surface area contributed by atoms with E-state index in [-0.39, 0.29) is 6.10 Å². The molecule has 0 spiro atoms. The predicted octanol–water partition coefficient (Wildman–Crippen LogP) is 0.845. The van der Waals surface area contributed by atoms with Crippen molar-refractivity contribution in [3.05, 3.63) is 0 Å². The van der Waals surface area contributed by atoms with Gasteiger partial charge < -0.3 is 28.9 Å². The van der Waals surface area contributed by atoms with Crippen LogP contribution in [0.3, 0.4) is 0 Å². The van der Waals surface area contributed by atoms with E-state index >= 15 is 0 Å². The highest BCUT2D eigenvalue weighted by Gasteiger charge is 2.56. The van der Waals surface area contributed by atoms with E-state index in [1.54, 1.807) is 13.8 Å². The van der Waals surface area contributed by atoms with E-state index < -0.39 is 30.1 Å². The molecule has 19 heavy (non-hydrogen) atoms. The van der Waals surface area contributed by atoms with Crippen LogP contribution in [-0.4, -0.2) is 53.7 Å². The van der Waals surface area contributed by atoms with Gasteiger partial charge in [0.15, 0.2) is 24.0 Å². The van der Waals surface area contributed by atoms with Crippen LogP contribution >= 0.6 is 0 Å². The summed E-state index contributed by atoms with van der Waals surface area (Å²) in [6.45, 7) is 7.61. The highest BCUT2D eigenvalue weighted by atomic mass is 16.8. The van der Waals surface area contributed by atoms with Gasteiger partial charge in [0, 0.05) is 0 Å².